The number of amides is 1. The molecule has 1 aliphatic heterocycles. The topological polar surface area (TPSA) is 128 Å². The van der Waals surface area contributed by atoms with Gasteiger partial charge in [0, 0.05) is 42.8 Å². The van der Waals surface area contributed by atoms with Gasteiger partial charge in [-0.1, -0.05) is 20.8 Å². The molecule has 0 aliphatic carbocycles. The zero-order chi connectivity index (χ0) is 24.8. The summed E-state index contributed by atoms with van der Waals surface area (Å²) in [5, 5.41) is 20.6. The average molecular weight is 500 g/mol. The van der Waals surface area contributed by atoms with Crippen LogP contribution in [0.15, 0.2) is 24.3 Å². The van der Waals surface area contributed by atoms with Crippen molar-refractivity contribution in [1.29, 1.82) is 0 Å². The second kappa shape index (κ2) is 11.7. The number of likely N-dealkylation sites (tertiary alicyclic amines) is 1. The highest BCUT2D eigenvalue weighted by molar-refractivity contribution is 7.99. The van der Waals surface area contributed by atoms with Crippen molar-refractivity contribution in [2.75, 3.05) is 24.6 Å². The van der Waals surface area contributed by atoms with Gasteiger partial charge in [0.2, 0.25) is 0 Å². The van der Waals surface area contributed by atoms with Crippen molar-refractivity contribution < 1.29 is 24.0 Å². The molecule has 0 radical (unpaired) electrons. The van der Waals surface area contributed by atoms with Crippen LogP contribution in [0.25, 0.3) is 0 Å². The van der Waals surface area contributed by atoms with Crippen molar-refractivity contribution in [3.63, 3.8) is 0 Å². The molecule has 1 saturated heterocycles. The third kappa shape index (κ3) is 7.96. The molecular formula is C22H37N3O6SSi. The highest BCUT2D eigenvalue weighted by Gasteiger charge is 2.44. The van der Waals surface area contributed by atoms with Crippen molar-refractivity contribution in [2.45, 2.75) is 70.2 Å². The van der Waals surface area contributed by atoms with E-state index in [1.54, 1.807) is 28.8 Å². The third-order valence-corrected chi connectivity index (χ3v) is 12.1. The minimum Gasteiger partial charge on any atom is -0.445 e. The number of carbonyl (C=O) groups excluding carboxylic acids is 1. The quantitative estimate of drug-likeness (QED) is 0.283. The van der Waals surface area contributed by atoms with E-state index in [-0.39, 0.29) is 36.0 Å². The van der Waals surface area contributed by atoms with E-state index in [2.05, 4.69) is 33.9 Å². The molecule has 1 aromatic rings. The van der Waals surface area contributed by atoms with Crippen LogP contribution in [0, 0.1) is 10.1 Å². The Morgan fingerprint density at radius 3 is 2.55 bits per heavy atom. The average Bonchev–Trinajstić information content (AvgIpc) is 3.13. The molecule has 11 heteroatoms. The van der Waals surface area contributed by atoms with Crippen LogP contribution in [0.5, 0.6) is 0 Å². The zero-order valence-corrected chi connectivity index (χ0v) is 22.0. The number of ether oxygens (including phenoxy) is 1. The number of nitrogens with two attached hydrogens (primary N) is 1. The van der Waals surface area contributed by atoms with Gasteiger partial charge >= 0.3 is 6.09 Å². The number of rotatable bonds is 10. The Labute approximate surface area is 201 Å². The molecule has 33 heavy (non-hydrogen) atoms. The van der Waals surface area contributed by atoms with E-state index in [1.807, 2.05) is 0 Å². The number of nitro benzene ring substituents is 1. The van der Waals surface area contributed by atoms with Crippen LogP contribution in [0.4, 0.5) is 10.5 Å². The molecule has 1 aliphatic rings. The maximum atomic E-state index is 12.9. The molecule has 3 N–H and O–H groups in total. The first-order chi connectivity index (χ1) is 15.3. The van der Waals surface area contributed by atoms with E-state index < -0.39 is 25.4 Å². The zero-order valence-electron chi connectivity index (χ0n) is 20.2. The summed E-state index contributed by atoms with van der Waals surface area (Å²) in [6, 6.07) is 5.88. The minimum absolute atomic E-state index is 0.00741. The number of thioether (sulfide) groups is 1. The van der Waals surface area contributed by atoms with Gasteiger partial charge in [-0.05, 0) is 42.2 Å². The summed E-state index contributed by atoms with van der Waals surface area (Å²) in [7, 11) is -2.00. The molecule has 0 bridgehead atoms. The molecule has 1 amide bonds. The summed E-state index contributed by atoms with van der Waals surface area (Å²) in [6.07, 6.45) is -0.356. The number of benzene rings is 1. The van der Waals surface area contributed by atoms with Crippen molar-refractivity contribution >= 4 is 31.9 Å². The van der Waals surface area contributed by atoms with E-state index in [0.717, 1.165) is 0 Å². The molecule has 3 unspecified atom stereocenters. The van der Waals surface area contributed by atoms with Crippen molar-refractivity contribution in [3.8, 4) is 0 Å². The fourth-order valence-electron chi connectivity index (χ4n) is 3.28. The lowest BCUT2D eigenvalue weighted by Crippen LogP contribution is -2.44. The smallest absolute Gasteiger partial charge is 0.410 e. The Morgan fingerprint density at radius 1 is 1.36 bits per heavy atom. The van der Waals surface area contributed by atoms with Gasteiger partial charge in [-0.25, -0.2) is 4.79 Å². The summed E-state index contributed by atoms with van der Waals surface area (Å²) in [4.78, 5) is 25.0. The van der Waals surface area contributed by atoms with Gasteiger partial charge < -0.3 is 24.9 Å². The second-order valence-electron chi connectivity index (χ2n) is 9.95. The van der Waals surface area contributed by atoms with Gasteiger partial charge in [0.25, 0.3) is 5.69 Å². The Morgan fingerprint density at radius 2 is 2.00 bits per heavy atom. The van der Waals surface area contributed by atoms with Crippen LogP contribution in [-0.4, -0.2) is 72.2 Å². The second-order valence-corrected chi connectivity index (χ2v) is 15.8. The molecule has 3 atom stereocenters. The number of nitro groups is 1. The first-order valence-corrected chi connectivity index (χ1v) is 15.2. The van der Waals surface area contributed by atoms with Crippen molar-refractivity contribution in [1.82, 2.24) is 4.90 Å². The summed E-state index contributed by atoms with van der Waals surface area (Å²) in [5.74, 6) is 1.16. The number of aliphatic hydroxyl groups excluding tert-OH is 1. The molecule has 1 aromatic carbocycles. The normalized spacial score (nSPS) is 20.0. The fourth-order valence-corrected chi connectivity index (χ4v) is 5.77. The molecule has 1 heterocycles. The lowest BCUT2D eigenvalue weighted by molar-refractivity contribution is -0.384. The summed E-state index contributed by atoms with van der Waals surface area (Å²) >= 11 is 1.56. The van der Waals surface area contributed by atoms with Gasteiger partial charge in [0.15, 0.2) is 8.32 Å². The minimum atomic E-state index is -2.00. The maximum absolute atomic E-state index is 12.9. The van der Waals surface area contributed by atoms with E-state index in [4.69, 9.17) is 14.9 Å². The highest BCUT2D eigenvalue weighted by atomic mass is 32.2. The molecule has 2 rings (SSSR count). The van der Waals surface area contributed by atoms with Gasteiger partial charge in [-0.2, -0.15) is 11.8 Å². The van der Waals surface area contributed by atoms with Crippen LogP contribution in [-0.2, 0) is 15.8 Å². The summed E-state index contributed by atoms with van der Waals surface area (Å²) in [6.45, 7) is 11.6. The van der Waals surface area contributed by atoms with Gasteiger partial charge in [0.05, 0.1) is 17.1 Å². The predicted octanol–water partition coefficient (Wildman–Crippen LogP) is 3.75. The number of non-ortho nitro benzene ring substituents is 1. The van der Waals surface area contributed by atoms with Crippen LogP contribution in [0.2, 0.25) is 18.1 Å². The van der Waals surface area contributed by atoms with Crippen molar-refractivity contribution in [2.24, 2.45) is 5.73 Å². The predicted molar refractivity (Wildman–Crippen MR) is 133 cm³/mol. The van der Waals surface area contributed by atoms with Crippen LogP contribution in [0.1, 0.15) is 32.8 Å². The molecular weight excluding hydrogens is 462 g/mol. The standard InChI is InChI=1S/C22H37N3O6SSi/c1-22(2,3)33(4,5)31-20-10-18(14-32-15-19(26)11-23)24(12-20)21(27)30-13-16-6-8-17(9-7-16)25(28)29/h6-9,18-20,26H,10-15,23H2,1-5H3. The lowest BCUT2D eigenvalue weighted by atomic mass is 10.2. The molecule has 186 valence electrons. The Hall–Kier alpha value is -1.66. The van der Waals surface area contributed by atoms with Gasteiger partial charge in [0.1, 0.15) is 6.61 Å². The number of aliphatic hydroxyl groups is 1. The first-order valence-electron chi connectivity index (χ1n) is 11.1. The van der Waals surface area contributed by atoms with E-state index in [1.165, 1.54) is 12.1 Å². The van der Waals surface area contributed by atoms with E-state index in [0.29, 0.717) is 30.0 Å². The summed E-state index contributed by atoms with van der Waals surface area (Å²) in [5.41, 5.74) is 6.17. The molecule has 0 saturated carbocycles. The number of nitrogens with zero attached hydrogens (tertiary/aromatic N) is 2. The summed E-state index contributed by atoms with van der Waals surface area (Å²) < 4.78 is 12.1. The largest absolute Gasteiger partial charge is 0.445 e. The van der Waals surface area contributed by atoms with E-state index >= 15 is 0 Å². The molecule has 0 aromatic heterocycles. The molecule has 9 nitrogen and oxygen atoms in total. The Balaban J connectivity index is 2.03. The van der Waals surface area contributed by atoms with Crippen molar-refractivity contribution in [3.05, 3.63) is 39.9 Å². The lowest BCUT2D eigenvalue weighted by Gasteiger charge is -2.38. The molecule has 1 fully saturated rings. The SMILES string of the molecule is CC(C)(C)[Si](C)(C)OC1CC(CSCC(O)CN)N(C(=O)OCc2ccc([N+](=O)[O-])cc2)C1. The fraction of sp³-hybridized carbons (Fsp3) is 0.682. The Kier molecular flexibility index (Phi) is 9.74. The number of carbonyl (C=O) groups is 1. The van der Waals surface area contributed by atoms with Gasteiger partial charge in [-0.15, -0.1) is 0 Å². The third-order valence-electron chi connectivity index (χ3n) is 6.28. The highest BCUT2D eigenvalue weighted by Crippen LogP contribution is 2.39. The van der Waals surface area contributed by atoms with E-state index in [9.17, 15) is 20.0 Å². The maximum Gasteiger partial charge on any atom is 0.410 e. The van der Waals surface area contributed by atoms with Gasteiger partial charge in [-0.3, -0.25) is 10.1 Å². The monoisotopic (exact) mass is 499 g/mol. The number of hydrogen-bond acceptors (Lipinski definition) is 8. The van der Waals surface area contributed by atoms with Crippen LogP contribution < -0.4 is 5.73 Å². The van der Waals surface area contributed by atoms with Crippen LogP contribution >= 0.6 is 11.8 Å². The molecule has 0 spiro atoms. The first kappa shape index (κ1) is 27.6. The Bertz CT molecular complexity index is 802. The van der Waals surface area contributed by atoms with Crippen LogP contribution in [0.3, 0.4) is 0 Å². The number of hydrogen-bond donors (Lipinski definition) is 2.